The second-order valence-electron chi connectivity index (χ2n) is 4.04. The molecule has 0 aliphatic heterocycles. The van der Waals surface area contributed by atoms with E-state index in [0.717, 1.165) is 25.9 Å². The van der Waals surface area contributed by atoms with Crippen LogP contribution in [0.5, 0.6) is 0 Å². The fraction of sp³-hybridized carbons (Fsp3) is 1.00. The second kappa shape index (κ2) is 12.9. The monoisotopic (exact) mass is 323 g/mol. The van der Waals surface area contributed by atoms with Crippen LogP contribution in [0.4, 0.5) is 0 Å². The van der Waals surface area contributed by atoms with Crippen molar-refractivity contribution in [3.63, 3.8) is 0 Å². The first-order valence-electron chi connectivity index (χ1n) is 6.44. The molecule has 7 nitrogen and oxygen atoms in total. The Bertz CT molecular complexity index is 218. The molecular formula is C10H26AsN5O2. The standard InChI is InChI=1S/C10H26AsN5O2/c11-5-3-8-13-7-1-2-9-15(10-4-6-12)16(18)14-17/h13,17H,1-12H2/b16-14-. The molecule has 8 heteroatoms. The van der Waals surface area contributed by atoms with Crippen LogP contribution in [0.15, 0.2) is 5.28 Å². The normalized spacial score (nSPS) is 11.8. The van der Waals surface area contributed by atoms with Crippen LogP contribution >= 0.6 is 0 Å². The molecular weight excluding hydrogens is 297 g/mol. The second-order valence-corrected chi connectivity index (χ2v) is 5.25. The molecule has 0 saturated heterocycles. The molecule has 0 saturated carbocycles. The molecule has 0 aromatic carbocycles. The molecule has 0 bridgehead atoms. The molecule has 0 fully saturated rings. The fourth-order valence-corrected chi connectivity index (χ4v) is 1.94. The molecule has 108 valence electrons. The first-order chi connectivity index (χ1) is 8.76. The van der Waals surface area contributed by atoms with Crippen molar-refractivity contribution in [2.24, 2.45) is 11.0 Å². The zero-order valence-corrected chi connectivity index (χ0v) is 13.3. The van der Waals surface area contributed by atoms with E-state index in [2.05, 4.69) is 10.6 Å². The molecule has 0 rings (SSSR count). The number of nitrogens with zero attached hydrogens (tertiary/aromatic N) is 3. The van der Waals surface area contributed by atoms with Crippen molar-refractivity contribution in [1.29, 1.82) is 0 Å². The van der Waals surface area contributed by atoms with Gasteiger partial charge in [0.15, 0.2) is 0 Å². The number of hydrogen-bond acceptors (Lipinski definition) is 4. The zero-order valence-electron chi connectivity index (χ0n) is 10.9. The minimum absolute atomic E-state index is 0.238. The average Bonchev–Trinajstić information content (AvgIpc) is 2.40. The minimum atomic E-state index is 0.238. The summed E-state index contributed by atoms with van der Waals surface area (Å²) in [5, 5.41) is 28.4. The Labute approximate surface area is 117 Å². The average molecular weight is 323 g/mol. The van der Waals surface area contributed by atoms with E-state index in [9.17, 15) is 5.21 Å². The number of nitrogens with two attached hydrogens (primary N) is 1. The molecule has 0 aromatic heterocycles. The number of hydrazine groups is 1. The van der Waals surface area contributed by atoms with Gasteiger partial charge in [-0.3, -0.25) is 0 Å². The van der Waals surface area contributed by atoms with Crippen LogP contribution in [-0.2, 0) is 0 Å². The Hall–Kier alpha value is -0.522. The molecule has 0 radical (unpaired) electrons. The summed E-state index contributed by atoms with van der Waals surface area (Å²) in [6.45, 7) is 3.67. The maximum atomic E-state index is 11.2. The SMILES string of the molecule is NCCCN(CCCCNCCC[AsH2])/[N+]([O-])=N/O. The number of nitrogens with one attached hydrogen (secondary N) is 1. The van der Waals surface area contributed by atoms with Gasteiger partial charge < -0.3 is 5.73 Å². The summed E-state index contributed by atoms with van der Waals surface area (Å²) in [4.78, 5) is 0.238. The summed E-state index contributed by atoms with van der Waals surface area (Å²) in [7, 11) is 0. The third kappa shape index (κ3) is 9.50. The predicted octanol–water partition coefficient (Wildman–Crippen LogP) is -0.285. The summed E-state index contributed by atoms with van der Waals surface area (Å²) in [5.74, 6) is 0. The van der Waals surface area contributed by atoms with Crippen molar-refractivity contribution >= 4 is 16.9 Å². The van der Waals surface area contributed by atoms with Gasteiger partial charge in [0.25, 0.3) is 0 Å². The fourth-order valence-electron chi connectivity index (χ4n) is 1.51. The Morgan fingerprint density at radius 2 is 1.89 bits per heavy atom. The summed E-state index contributed by atoms with van der Waals surface area (Å²) >= 11 is 1.76. The van der Waals surface area contributed by atoms with Gasteiger partial charge in [-0.25, -0.2) is 0 Å². The van der Waals surface area contributed by atoms with Crippen molar-refractivity contribution in [2.45, 2.75) is 30.9 Å². The zero-order chi connectivity index (χ0) is 13.6. The first kappa shape index (κ1) is 17.5. The van der Waals surface area contributed by atoms with Crippen molar-refractivity contribution in [2.75, 3.05) is 32.7 Å². The third-order valence-electron chi connectivity index (χ3n) is 2.52. The summed E-state index contributed by atoms with van der Waals surface area (Å²) < 4.78 is 0. The van der Waals surface area contributed by atoms with Crippen LogP contribution in [-0.4, -0.2) is 64.8 Å². The van der Waals surface area contributed by atoms with Gasteiger partial charge >= 0.3 is 111 Å². The Morgan fingerprint density at radius 1 is 1.22 bits per heavy atom. The van der Waals surface area contributed by atoms with Crippen LogP contribution in [0, 0.1) is 5.21 Å². The quantitative estimate of drug-likeness (QED) is 0.151. The first-order valence-corrected chi connectivity index (χ1v) is 8.15. The van der Waals surface area contributed by atoms with Gasteiger partial charge in [0, 0.05) is 0 Å². The molecule has 1 unspecified atom stereocenters. The topological polar surface area (TPSA) is 100.0 Å². The molecule has 0 amide bonds. The predicted molar refractivity (Wildman–Crippen MR) is 73.2 cm³/mol. The van der Waals surface area contributed by atoms with Crippen LogP contribution in [0.2, 0.25) is 5.21 Å². The van der Waals surface area contributed by atoms with Gasteiger partial charge in [0.05, 0.1) is 0 Å². The molecule has 0 aromatic rings. The molecule has 18 heavy (non-hydrogen) atoms. The van der Waals surface area contributed by atoms with Crippen molar-refractivity contribution in [1.82, 2.24) is 10.3 Å². The summed E-state index contributed by atoms with van der Waals surface area (Å²) in [5.41, 5.74) is 5.39. The molecule has 0 aliphatic carbocycles. The van der Waals surface area contributed by atoms with Gasteiger partial charge in [-0.15, -0.1) is 0 Å². The van der Waals surface area contributed by atoms with Gasteiger partial charge in [-0.2, -0.15) is 0 Å². The van der Waals surface area contributed by atoms with Crippen LogP contribution in [0.3, 0.4) is 0 Å². The van der Waals surface area contributed by atoms with Crippen molar-refractivity contribution in [3.05, 3.63) is 5.21 Å². The Balaban J connectivity index is 3.63. The van der Waals surface area contributed by atoms with E-state index in [0.29, 0.717) is 26.1 Å². The molecule has 4 N–H and O–H groups in total. The van der Waals surface area contributed by atoms with Gasteiger partial charge in [-0.1, -0.05) is 0 Å². The van der Waals surface area contributed by atoms with Gasteiger partial charge in [0.2, 0.25) is 0 Å². The maximum absolute atomic E-state index is 11.2. The Morgan fingerprint density at radius 3 is 2.50 bits per heavy atom. The Kier molecular flexibility index (Phi) is 12.5. The van der Waals surface area contributed by atoms with Gasteiger partial charge in [0.1, 0.15) is 0 Å². The van der Waals surface area contributed by atoms with Crippen molar-refractivity contribution < 1.29 is 10.2 Å². The number of rotatable bonds is 12. The third-order valence-corrected chi connectivity index (χ3v) is 3.37. The van der Waals surface area contributed by atoms with E-state index in [1.807, 2.05) is 0 Å². The van der Waals surface area contributed by atoms with Crippen LogP contribution in [0.25, 0.3) is 0 Å². The van der Waals surface area contributed by atoms with E-state index in [-0.39, 0.29) is 4.97 Å². The van der Waals surface area contributed by atoms with Crippen LogP contribution in [0.1, 0.15) is 25.7 Å². The van der Waals surface area contributed by atoms with Gasteiger partial charge in [-0.05, 0) is 0 Å². The molecule has 1 atom stereocenters. The van der Waals surface area contributed by atoms with E-state index >= 15 is 0 Å². The van der Waals surface area contributed by atoms with Crippen LogP contribution < -0.4 is 11.1 Å². The van der Waals surface area contributed by atoms with E-state index < -0.39 is 0 Å². The number of unbranched alkanes of at least 4 members (excludes halogenated alkanes) is 1. The molecule has 0 heterocycles. The van der Waals surface area contributed by atoms with E-state index in [1.54, 1.807) is 16.9 Å². The molecule has 0 aliphatic rings. The summed E-state index contributed by atoms with van der Waals surface area (Å²) in [6.07, 6.45) is 3.83. The molecule has 0 spiro atoms. The summed E-state index contributed by atoms with van der Waals surface area (Å²) in [6, 6.07) is 0. The number of hydrogen-bond donors (Lipinski definition) is 3. The van der Waals surface area contributed by atoms with E-state index in [1.165, 1.54) is 16.6 Å². The van der Waals surface area contributed by atoms with Crippen molar-refractivity contribution in [3.8, 4) is 0 Å². The van der Waals surface area contributed by atoms with E-state index in [4.69, 9.17) is 10.9 Å².